The molecule has 1 saturated carbocycles. The molecule has 4 rings (SSSR count). The molecule has 140 valence electrons. The van der Waals surface area contributed by atoms with Crippen molar-refractivity contribution in [3.63, 3.8) is 0 Å². The number of aromatic nitrogens is 3. The molecule has 26 heavy (non-hydrogen) atoms. The fourth-order valence-corrected chi connectivity index (χ4v) is 5.10. The van der Waals surface area contributed by atoms with Crippen molar-refractivity contribution in [3.05, 3.63) is 34.5 Å². The maximum Gasteiger partial charge on any atom is 0.318 e. The first-order chi connectivity index (χ1) is 12.8. The molecular weight excluding hydrogens is 350 g/mol. The second kappa shape index (κ2) is 7.75. The van der Waals surface area contributed by atoms with E-state index in [0.29, 0.717) is 32.1 Å². The molecule has 0 radical (unpaired) electrons. The number of ether oxygens (including phenoxy) is 1. The summed E-state index contributed by atoms with van der Waals surface area (Å²) >= 11 is 1.81. The highest BCUT2D eigenvalue weighted by Crippen LogP contribution is 2.41. The maximum absolute atomic E-state index is 13.0. The first kappa shape index (κ1) is 17.5. The Labute approximate surface area is 157 Å². The molecule has 1 atom stereocenters. The minimum Gasteiger partial charge on any atom is -0.377 e. The summed E-state index contributed by atoms with van der Waals surface area (Å²) in [5.41, 5.74) is 0.0795. The van der Waals surface area contributed by atoms with Crippen molar-refractivity contribution in [2.45, 2.75) is 43.6 Å². The summed E-state index contributed by atoms with van der Waals surface area (Å²) in [7, 11) is 0. The first-order valence-electron chi connectivity index (χ1n) is 9.30. The SMILES string of the molecule is O=C(NCC1(c2cccs2)CCCCC1)N1CCOCC1c1ncn[nH]1. The van der Waals surface area contributed by atoms with E-state index >= 15 is 0 Å². The van der Waals surface area contributed by atoms with Crippen LogP contribution >= 0.6 is 11.3 Å². The van der Waals surface area contributed by atoms with Crippen molar-refractivity contribution in [3.8, 4) is 0 Å². The quantitative estimate of drug-likeness (QED) is 0.861. The van der Waals surface area contributed by atoms with Crippen molar-refractivity contribution in [1.29, 1.82) is 0 Å². The van der Waals surface area contributed by atoms with Crippen LogP contribution in [-0.2, 0) is 10.2 Å². The lowest BCUT2D eigenvalue weighted by Gasteiger charge is -2.39. The van der Waals surface area contributed by atoms with Crippen LogP contribution in [0.15, 0.2) is 23.8 Å². The number of carbonyl (C=O) groups excluding carboxylic acids is 1. The number of rotatable bonds is 4. The average molecular weight is 375 g/mol. The molecule has 2 aromatic heterocycles. The van der Waals surface area contributed by atoms with Crippen molar-refractivity contribution < 1.29 is 9.53 Å². The number of nitrogens with one attached hydrogen (secondary N) is 2. The van der Waals surface area contributed by atoms with E-state index in [1.54, 1.807) is 11.3 Å². The first-order valence-corrected chi connectivity index (χ1v) is 10.2. The van der Waals surface area contributed by atoms with Crippen LogP contribution in [0, 0.1) is 0 Å². The van der Waals surface area contributed by atoms with Crippen LogP contribution in [0.4, 0.5) is 4.79 Å². The standard InChI is InChI=1S/C18H25N5O2S/c24-17(23-8-9-25-11-14(23)16-20-13-21-22-16)19-12-18(6-2-1-3-7-18)15-5-4-10-26-15/h4-5,10,13-14H,1-3,6-9,11-12H2,(H,19,24)(H,20,21,22). The van der Waals surface area contributed by atoms with E-state index in [9.17, 15) is 4.79 Å². The van der Waals surface area contributed by atoms with Gasteiger partial charge in [-0.1, -0.05) is 25.3 Å². The minimum absolute atomic E-state index is 0.0452. The number of carbonyl (C=O) groups is 1. The lowest BCUT2D eigenvalue weighted by Crippen LogP contribution is -2.51. The predicted molar refractivity (Wildman–Crippen MR) is 99.1 cm³/mol. The number of H-pyrrole nitrogens is 1. The molecule has 7 nitrogen and oxygen atoms in total. The third-order valence-electron chi connectivity index (χ3n) is 5.57. The molecule has 2 fully saturated rings. The number of amides is 2. The molecule has 1 aliphatic heterocycles. The Morgan fingerprint density at radius 3 is 3.04 bits per heavy atom. The summed E-state index contributed by atoms with van der Waals surface area (Å²) in [6.45, 7) is 2.24. The monoisotopic (exact) mass is 375 g/mol. The van der Waals surface area contributed by atoms with Gasteiger partial charge in [0.25, 0.3) is 0 Å². The van der Waals surface area contributed by atoms with Gasteiger partial charge in [0.1, 0.15) is 18.2 Å². The number of hydrogen-bond donors (Lipinski definition) is 2. The summed E-state index contributed by atoms with van der Waals surface area (Å²) in [6.07, 6.45) is 7.49. The average Bonchev–Trinajstić information content (AvgIpc) is 3.41. The summed E-state index contributed by atoms with van der Waals surface area (Å²) in [6, 6.07) is 4.07. The number of urea groups is 1. The highest BCUT2D eigenvalue weighted by Gasteiger charge is 2.37. The smallest absolute Gasteiger partial charge is 0.318 e. The fraction of sp³-hybridized carbons (Fsp3) is 0.611. The van der Waals surface area contributed by atoms with Crippen LogP contribution in [0.25, 0.3) is 0 Å². The number of aromatic amines is 1. The van der Waals surface area contributed by atoms with Crippen LogP contribution in [0.5, 0.6) is 0 Å². The normalized spacial score (nSPS) is 22.9. The van der Waals surface area contributed by atoms with Crippen LogP contribution in [0.3, 0.4) is 0 Å². The zero-order chi connectivity index (χ0) is 17.8. The molecule has 0 bridgehead atoms. The third-order valence-corrected chi connectivity index (χ3v) is 6.69. The molecular formula is C18H25N5O2S. The van der Waals surface area contributed by atoms with Crippen molar-refractivity contribution in [1.82, 2.24) is 25.4 Å². The lowest BCUT2D eigenvalue weighted by atomic mass is 9.73. The molecule has 0 aromatic carbocycles. The van der Waals surface area contributed by atoms with E-state index in [2.05, 4.69) is 38.0 Å². The number of morpholine rings is 1. The van der Waals surface area contributed by atoms with Gasteiger partial charge < -0.3 is 15.0 Å². The summed E-state index contributed by atoms with van der Waals surface area (Å²) < 4.78 is 5.55. The summed E-state index contributed by atoms with van der Waals surface area (Å²) in [5, 5.41) is 12.1. The fourth-order valence-electron chi connectivity index (χ4n) is 4.11. The Bertz CT molecular complexity index is 697. The molecule has 1 saturated heterocycles. The van der Waals surface area contributed by atoms with Gasteiger partial charge in [-0.3, -0.25) is 5.10 Å². The zero-order valence-corrected chi connectivity index (χ0v) is 15.6. The van der Waals surface area contributed by atoms with Gasteiger partial charge in [0.15, 0.2) is 0 Å². The van der Waals surface area contributed by atoms with Gasteiger partial charge in [-0.25, -0.2) is 9.78 Å². The van der Waals surface area contributed by atoms with Crippen LogP contribution in [-0.4, -0.2) is 52.4 Å². The Morgan fingerprint density at radius 2 is 2.31 bits per heavy atom. The molecule has 1 aliphatic carbocycles. The number of thiophene rings is 1. The van der Waals surface area contributed by atoms with E-state index in [1.807, 2.05) is 4.90 Å². The van der Waals surface area contributed by atoms with Crippen LogP contribution < -0.4 is 5.32 Å². The number of nitrogens with zero attached hydrogens (tertiary/aromatic N) is 3. The van der Waals surface area contributed by atoms with Crippen molar-refractivity contribution >= 4 is 17.4 Å². The third kappa shape index (κ3) is 3.48. The second-order valence-electron chi connectivity index (χ2n) is 7.13. The highest BCUT2D eigenvalue weighted by molar-refractivity contribution is 7.10. The van der Waals surface area contributed by atoms with Gasteiger partial charge in [0.2, 0.25) is 0 Å². The molecule has 2 N–H and O–H groups in total. The molecule has 2 aliphatic rings. The lowest BCUT2D eigenvalue weighted by molar-refractivity contribution is 0.00833. The largest absolute Gasteiger partial charge is 0.377 e. The molecule has 2 amide bonds. The van der Waals surface area contributed by atoms with Crippen molar-refractivity contribution in [2.24, 2.45) is 0 Å². The maximum atomic E-state index is 13.0. The molecule has 8 heteroatoms. The van der Waals surface area contributed by atoms with E-state index in [-0.39, 0.29) is 17.5 Å². The molecule has 0 spiro atoms. The van der Waals surface area contributed by atoms with Gasteiger partial charge >= 0.3 is 6.03 Å². The topological polar surface area (TPSA) is 83.1 Å². The Hall–Kier alpha value is -1.93. The molecule has 1 unspecified atom stereocenters. The zero-order valence-electron chi connectivity index (χ0n) is 14.8. The van der Waals surface area contributed by atoms with Crippen molar-refractivity contribution in [2.75, 3.05) is 26.3 Å². The molecule has 2 aromatic rings. The van der Waals surface area contributed by atoms with Gasteiger partial charge in [0.05, 0.1) is 13.2 Å². The van der Waals surface area contributed by atoms with Gasteiger partial charge in [-0.05, 0) is 24.3 Å². The Balaban J connectivity index is 1.46. The number of hydrogen-bond acceptors (Lipinski definition) is 5. The van der Waals surface area contributed by atoms with Gasteiger partial charge in [-0.2, -0.15) is 5.10 Å². The van der Waals surface area contributed by atoms with Gasteiger partial charge in [-0.15, -0.1) is 11.3 Å². The predicted octanol–water partition coefficient (Wildman–Crippen LogP) is 2.85. The summed E-state index contributed by atoms with van der Waals surface area (Å²) in [4.78, 5) is 20.4. The van der Waals surface area contributed by atoms with E-state index in [0.717, 1.165) is 12.8 Å². The Morgan fingerprint density at radius 1 is 1.42 bits per heavy atom. The van der Waals surface area contributed by atoms with Crippen LogP contribution in [0.1, 0.15) is 48.8 Å². The van der Waals surface area contributed by atoms with Gasteiger partial charge in [0, 0.05) is 23.4 Å². The molecule has 3 heterocycles. The van der Waals surface area contributed by atoms with E-state index in [4.69, 9.17) is 4.74 Å². The minimum atomic E-state index is -0.213. The van der Waals surface area contributed by atoms with Crippen LogP contribution in [0.2, 0.25) is 0 Å². The second-order valence-corrected chi connectivity index (χ2v) is 8.08. The summed E-state index contributed by atoms with van der Waals surface area (Å²) in [5.74, 6) is 0.672. The highest BCUT2D eigenvalue weighted by atomic mass is 32.1. The van der Waals surface area contributed by atoms with E-state index in [1.165, 1.54) is 30.5 Å². The van der Waals surface area contributed by atoms with E-state index < -0.39 is 0 Å². The Kier molecular flexibility index (Phi) is 5.21.